The van der Waals surface area contributed by atoms with E-state index in [0.29, 0.717) is 0 Å². The molecule has 1 aliphatic carbocycles. The SMILES string of the molecule is CC1CC(C)CN(CC(Cl)c2ccc3c(c2)CCC3)C1. The maximum atomic E-state index is 6.70. The molecule has 0 aromatic heterocycles. The molecule has 3 unspecified atom stereocenters. The molecular formula is C18H26ClN. The molecule has 0 amide bonds. The third-order valence-electron chi connectivity index (χ3n) is 4.85. The molecule has 3 atom stereocenters. The largest absolute Gasteiger partial charge is 0.301 e. The molecule has 1 aromatic rings. The summed E-state index contributed by atoms with van der Waals surface area (Å²) in [7, 11) is 0. The van der Waals surface area contributed by atoms with Crippen molar-refractivity contribution in [2.45, 2.75) is 44.9 Å². The van der Waals surface area contributed by atoms with Crippen molar-refractivity contribution in [1.82, 2.24) is 4.90 Å². The molecule has 1 fully saturated rings. The van der Waals surface area contributed by atoms with Crippen LogP contribution in [0.25, 0.3) is 0 Å². The van der Waals surface area contributed by atoms with Crippen LogP contribution in [0.15, 0.2) is 18.2 Å². The Morgan fingerprint density at radius 3 is 2.60 bits per heavy atom. The van der Waals surface area contributed by atoms with Gasteiger partial charge in [0, 0.05) is 19.6 Å². The molecule has 2 heteroatoms. The predicted octanol–water partition coefficient (Wildman–Crippen LogP) is 4.43. The van der Waals surface area contributed by atoms with Gasteiger partial charge in [-0.15, -0.1) is 11.6 Å². The summed E-state index contributed by atoms with van der Waals surface area (Å²) in [5.41, 5.74) is 4.39. The third-order valence-corrected chi connectivity index (χ3v) is 5.24. The zero-order valence-electron chi connectivity index (χ0n) is 12.7. The summed E-state index contributed by atoms with van der Waals surface area (Å²) in [5.74, 6) is 1.62. The van der Waals surface area contributed by atoms with Crippen LogP contribution in [0.3, 0.4) is 0 Å². The second kappa shape index (κ2) is 6.07. The van der Waals surface area contributed by atoms with E-state index >= 15 is 0 Å². The first-order valence-corrected chi connectivity index (χ1v) is 8.53. The lowest BCUT2D eigenvalue weighted by Crippen LogP contribution is -2.40. The Bertz CT molecular complexity index is 460. The van der Waals surface area contributed by atoms with Gasteiger partial charge in [0.25, 0.3) is 0 Å². The van der Waals surface area contributed by atoms with Crippen molar-refractivity contribution in [3.63, 3.8) is 0 Å². The van der Waals surface area contributed by atoms with Crippen LogP contribution < -0.4 is 0 Å². The summed E-state index contributed by atoms with van der Waals surface area (Å²) < 4.78 is 0. The van der Waals surface area contributed by atoms with Crippen LogP contribution in [-0.4, -0.2) is 24.5 Å². The molecule has 1 saturated heterocycles. The number of rotatable bonds is 3. The maximum absolute atomic E-state index is 6.70. The third kappa shape index (κ3) is 3.20. The van der Waals surface area contributed by atoms with Gasteiger partial charge in [0.05, 0.1) is 5.38 Å². The Balaban J connectivity index is 1.65. The van der Waals surface area contributed by atoms with Gasteiger partial charge in [-0.3, -0.25) is 0 Å². The summed E-state index contributed by atoms with van der Waals surface area (Å²) in [6.07, 6.45) is 5.17. The predicted molar refractivity (Wildman–Crippen MR) is 86.4 cm³/mol. The number of halogens is 1. The Kier molecular flexibility index (Phi) is 4.37. The van der Waals surface area contributed by atoms with Crippen molar-refractivity contribution in [2.24, 2.45) is 11.8 Å². The number of nitrogens with zero attached hydrogens (tertiary/aromatic N) is 1. The Morgan fingerprint density at radius 2 is 1.85 bits per heavy atom. The van der Waals surface area contributed by atoms with Crippen LogP contribution in [0.4, 0.5) is 0 Å². The smallest absolute Gasteiger partial charge is 0.0712 e. The summed E-state index contributed by atoms with van der Waals surface area (Å²) in [6, 6.07) is 6.91. The van der Waals surface area contributed by atoms with Gasteiger partial charge in [-0.1, -0.05) is 32.0 Å². The van der Waals surface area contributed by atoms with Crippen molar-refractivity contribution in [1.29, 1.82) is 0 Å². The highest BCUT2D eigenvalue weighted by Crippen LogP contribution is 2.30. The average Bonchev–Trinajstić information content (AvgIpc) is 2.84. The lowest BCUT2D eigenvalue weighted by molar-refractivity contribution is 0.141. The molecule has 20 heavy (non-hydrogen) atoms. The highest BCUT2D eigenvalue weighted by molar-refractivity contribution is 6.21. The Morgan fingerprint density at radius 1 is 1.15 bits per heavy atom. The monoisotopic (exact) mass is 291 g/mol. The van der Waals surface area contributed by atoms with Crippen molar-refractivity contribution in [3.05, 3.63) is 34.9 Å². The first kappa shape index (κ1) is 14.4. The quantitative estimate of drug-likeness (QED) is 0.745. The van der Waals surface area contributed by atoms with Gasteiger partial charge in [0.2, 0.25) is 0 Å². The molecule has 2 aliphatic rings. The summed E-state index contributed by atoms with van der Waals surface area (Å²) in [5, 5.41) is 0.137. The molecule has 0 spiro atoms. The second-order valence-corrected chi connectivity index (χ2v) is 7.54. The van der Waals surface area contributed by atoms with Crippen molar-refractivity contribution in [2.75, 3.05) is 19.6 Å². The van der Waals surface area contributed by atoms with E-state index in [1.807, 2.05) is 0 Å². The zero-order chi connectivity index (χ0) is 14.1. The topological polar surface area (TPSA) is 3.24 Å². The van der Waals surface area contributed by atoms with Gasteiger partial charge < -0.3 is 4.90 Å². The first-order valence-electron chi connectivity index (χ1n) is 8.10. The van der Waals surface area contributed by atoms with Crippen molar-refractivity contribution < 1.29 is 0 Å². The molecule has 0 radical (unpaired) electrons. The fraction of sp³-hybridized carbons (Fsp3) is 0.667. The van der Waals surface area contributed by atoms with E-state index in [0.717, 1.165) is 18.4 Å². The minimum Gasteiger partial charge on any atom is -0.301 e. The standard InChI is InChI=1S/C18H26ClN/c1-13-8-14(2)11-20(10-13)12-18(19)17-7-6-15-4-3-5-16(15)9-17/h6-7,9,13-14,18H,3-5,8,10-12H2,1-2H3. The molecule has 1 nitrogen and oxygen atoms in total. The second-order valence-electron chi connectivity index (χ2n) is 7.01. The molecule has 110 valence electrons. The summed E-state index contributed by atoms with van der Waals surface area (Å²) in [6.45, 7) is 8.13. The molecular weight excluding hydrogens is 266 g/mol. The highest BCUT2D eigenvalue weighted by Gasteiger charge is 2.24. The Hall–Kier alpha value is -0.530. The first-order chi connectivity index (χ1) is 9.61. The minimum atomic E-state index is 0.137. The van der Waals surface area contributed by atoms with E-state index in [2.05, 4.69) is 36.9 Å². The van der Waals surface area contributed by atoms with E-state index in [1.165, 1.54) is 55.5 Å². The van der Waals surface area contributed by atoms with Gasteiger partial charge in [0.15, 0.2) is 0 Å². The van der Waals surface area contributed by atoms with Gasteiger partial charge in [-0.05, 0) is 54.2 Å². The van der Waals surface area contributed by atoms with Gasteiger partial charge in [-0.2, -0.15) is 0 Å². The number of aryl methyl sites for hydroxylation is 2. The average molecular weight is 292 g/mol. The van der Waals surface area contributed by atoms with Crippen LogP contribution in [-0.2, 0) is 12.8 Å². The van der Waals surface area contributed by atoms with E-state index in [4.69, 9.17) is 11.6 Å². The van der Waals surface area contributed by atoms with Crippen molar-refractivity contribution >= 4 is 11.6 Å². The molecule has 0 N–H and O–H groups in total. The fourth-order valence-corrected chi connectivity index (χ4v) is 4.39. The lowest BCUT2D eigenvalue weighted by atomic mass is 9.91. The number of hydrogen-bond donors (Lipinski definition) is 0. The van der Waals surface area contributed by atoms with Crippen LogP contribution >= 0.6 is 11.6 Å². The van der Waals surface area contributed by atoms with Crippen LogP contribution in [0.5, 0.6) is 0 Å². The normalized spacial score (nSPS) is 28.4. The molecule has 1 heterocycles. The molecule has 1 aliphatic heterocycles. The minimum absolute atomic E-state index is 0.137. The summed E-state index contributed by atoms with van der Waals surface area (Å²) in [4.78, 5) is 2.56. The van der Waals surface area contributed by atoms with Crippen LogP contribution in [0.1, 0.15) is 48.8 Å². The van der Waals surface area contributed by atoms with Crippen molar-refractivity contribution in [3.8, 4) is 0 Å². The number of hydrogen-bond acceptors (Lipinski definition) is 1. The van der Waals surface area contributed by atoms with E-state index in [9.17, 15) is 0 Å². The molecule has 3 rings (SSSR count). The van der Waals surface area contributed by atoms with Gasteiger partial charge in [0.1, 0.15) is 0 Å². The van der Waals surface area contributed by atoms with E-state index in [1.54, 1.807) is 0 Å². The number of piperidine rings is 1. The number of likely N-dealkylation sites (tertiary alicyclic amines) is 1. The van der Waals surface area contributed by atoms with Gasteiger partial charge in [-0.25, -0.2) is 0 Å². The molecule has 0 saturated carbocycles. The van der Waals surface area contributed by atoms with Gasteiger partial charge >= 0.3 is 0 Å². The summed E-state index contributed by atoms with van der Waals surface area (Å²) >= 11 is 6.70. The fourth-order valence-electron chi connectivity index (χ4n) is 4.06. The Labute approximate surface area is 128 Å². The zero-order valence-corrected chi connectivity index (χ0v) is 13.5. The lowest BCUT2D eigenvalue weighted by Gasteiger charge is -2.36. The molecule has 0 bridgehead atoms. The molecule has 1 aromatic carbocycles. The number of benzene rings is 1. The number of fused-ring (bicyclic) bond motifs is 1. The maximum Gasteiger partial charge on any atom is 0.0712 e. The number of alkyl halides is 1. The van der Waals surface area contributed by atoms with Crippen LogP contribution in [0, 0.1) is 11.8 Å². The highest BCUT2D eigenvalue weighted by atomic mass is 35.5. The van der Waals surface area contributed by atoms with E-state index in [-0.39, 0.29) is 5.38 Å². The van der Waals surface area contributed by atoms with E-state index < -0.39 is 0 Å². The van der Waals surface area contributed by atoms with Crippen LogP contribution in [0.2, 0.25) is 0 Å².